The Bertz CT molecular complexity index is 252. The van der Waals surface area contributed by atoms with Crippen LogP contribution in [0.5, 0.6) is 0 Å². The molecule has 0 rings (SSSR count). The molecule has 0 saturated heterocycles. The van der Waals surface area contributed by atoms with Gasteiger partial charge in [0.15, 0.2) is 0 Å². The van der Waals surface area contributed by atoms with Crippen molar-refractivity contribution in [3.8, 4) is 0 Å². The Balaban J connectivity index is 3.91. The molecule has 0 fully saturated rings. The molecule has 0 aromatic rings. The maximum Gasteiger partial charge on any atom is 0.311 e. The van der Waals surface area contributed by atoms with Crippen molar-refractivity contribution in [2.45, 2.75) is 52.4 Å². The Kier molecular flexibility index (Phi) is 5.92. The van der Waals surface area contributed by atoms with Crippen LogP contribution in [0.2, 0.25) is 0 Å². The second kappa shape index (κ2) is 6.21. The first-order valence-corrected chi connectivity index (χ1v) is 5.46. The maximum atomic E-state index is 12.5. The molecule has 0 aliphatic heterocycles. The Hall–Kier alpha value is -0.810. The summed E-state index contributed by atoms with van der Waals surface area (Å²) in [5, 5.41) is 0. The highest BCUT2D eigenvalue weighted by Crippen LogP contribution is 2.28. The highest BCUT2D eigenvalue weighted by molar-refractivity contribution is 5.75. The van der Waals surface area contributed by atoms with Crippen LogP contribution in [0.4, 0.5) is 17.6 Å². The number of hydrogen-bond donors (Lipinski definition) is 0. The molecular weight excluding hydrogens is 240 g/mol. The summed E-state index contributed by atoms with van der Waals surface area (Å²) in [7, 11) is 0. The quantitative estimate of drug-likeness (QED) is 0.396. The number of hydrogen-bond acceptors (Lipinski definition) is 2. The van der Waals surface area contributed by atoms with Crippen molar-refractivity contribution in [2.24, 2.45) is 5.41 Å². The molecule has 0 aliphatic carbocycles. The average Bonchev–Trinajstić information content (AvgIpc) is 2.23. The van der Waals surface area contributed by atoms with E-state index < -0.39 is 30.2 Å². The first-order chi connectivity index (χ1) is 7.63. The Labute approximate surface area is 98.3 Å². The standard InChI is InChI=1S/C11H18F4O2/c1-4-10(2,3)9(16)17-7-5-6-11(14,15)8(12)13/h8H,4-7H2,1-3H3. The van der Waals surface area contributed by atoms with E-state index in [1.54, 1.807) is 20.8 Å². The van der Waals surface area contributed by atoms with Gasteiger partial charge in [0.25, 0.3) is 0 Å². The predicted octanol–water partition coefficient (Wildman–Crippen LogP) is 3.65. The number of esters is 1. The minimum atomic E-state index is -4.01. The van der Waals surface area contributed by atoms with E-state index in [0.29, 0.717) is 6.42 Å². The van der Waals surface area contributed by atoms with E-state index in [9.17, 15) is 22.4 Å². The van der Waals surface area contributed by atoms with Crippen LogP contribution in [-0.2, 0) is 9.53 Å². The van der Waals surface area contributed by atoms with Gasteiger partial charge in [0.1, 0.15) is 0 Å². The number of carbonyl (C=O) groups excluding carboxylic acids is 1. The van der Waals surface area contributed by atoms with Crippen molar-refractivity contribution in [3.05, 3.63) is 0 Å². The van der Waals surface area contributed by atoms with Gasteiger partial charge >= 0.3 is 18.3 Å². The van der Waals surface area contributed by atoms with Crippen LogP contribution in [0.15, 0.2) is 0 Å². The molecule has 2 nitrogen and oxygen atoms in total. The fourth-order valence-electron chi connectivity index (χ4n) is 0.922. The molecule has 0 atom stereocenters. The summed E-state index contributed by atoms with van der Waals surface area (Å²) in [6, 6.07) is 0. The van der Waals surface area contributed by atoms with Crippen LogP contribution in [0, 0.1) is 5.41 Å². The third-order valence-electron chi connectivity index (χ3n) is 2.64. The molecule has 0 amide bonds. The Morgan fingerprint density at radius 3 is 2.24 bits per heavy atom. The van der Waals surface area contributed by atoms with Crippen LogP contribution < -0.4 is 0 Å². The summed E-state index contributed by atoms with van der Waals surface area (Å²) < 4.78 is 53.3. The molecule has 6 heteroatoms. The van der Waals surface area contributed by atoms with E-state index in [1.807, 2.05) is 0 Å². The van der Waals surface area contributed by atoms with Crippen molar-refractivity contribution < 1.29 is 27.1 Å². The minimum absolute atomic E-state index is 0.259. The summed E-state index contributed by atoms with van der Waals surface area (Å²) in [6.07, 6.45) is -4.38. The average molecular weight is 258 g/mol. The Morgan fingerprint density at radius 1 is 1.29 bits per heavy atom. The predicted molar refractivity (Wildman–Crippen MR) is 55.2 cm³/mol. The zero-order valence-corrected chi connectivity index (χ0v) is 10.2. The second-order valence-electron chi connectivity index (χ2n) is 4.54. The van der Waals surface area contributed by atoms with Crippen molar-refractivity contribution >= 4 is 5.97 Å². The molecule has 0 aromatic heterocycles. The molecule has 0 saturated carbocycles. The van der Waals surface area contributed by atoms with Gasteiger partial charge in [-0.2, -0.15) is 0 Å². The van der Waals surface area contributed by atoms with Crippen LogP contribution in [0.1, 0.15) is 40.0 Å². The second-order valence-corrected chi connectivity index (χ2v) is 4.54. The number of carbonyl (C=O) groups is 1. The molecule has 0 unspecified atom stereocenters. The van der Waals surface area contributed by atoms with Gasteiger partial charge in [-0.15, -0.1) is 0 Å². The van der Waals surface area contributed by atoms with Crippen molar-refractivity contribution in [1.29, 1.82) is 0 Å². The number of ether oxygens (including phenoxy) is 1. The number of alkyl halides is 4. The molecule has 0 heterocycles. The fraction of sp³-hybridized carbons (Fsp3) is 0.909. The summed E-state index contributed by atoms with van der Waals surface area (Å²) in [5.41, 5.74) is -0.675. The summed E-state index contributed by atoms with van der Waals surface area (Å²) >= 11 is 0. The van der Waals surface area contributed by atoms with E-state index >= 15 is 0 Å². The van der Waals surface area contributed by atoms with E-state index in [0.717, 1.165) is 0 Å². The molecule has 0 bridgehead atoms. The fourth-order valence-corrected chi connectivity index (χ4v) is 0.922. The maximum absolute atomic E-state index is 12.5. The summed E-state index contributed by atoms with van der Waals surface area (Å²) in [5.74, 6) is -4.51. The molecular formula is C11H18F4O2. The lowest BCUT2D eigenvalue weighted by molar-refractivity contribution is -0.157. The van der Waals surface area contributed by atoms with E-state index in [2.05, 4.69) is 0 Å². The van der Waals surface area contributed by atoms with Crippen LogP contribution in [0.25, 0.3) is 0 Å². The van der Waals surface area contributed by atoms with Gasteiger partial charge in [-0.05, 0) is 26.7 Å². The first kappa shape index (κ1) is 16.2. The highest BCUT2D eigenvalue weighted by atomic mass is 19.3. The summed E-state index contributed by atoms with van der Waals surface area (Å²) in [4.78, 5) is 11.4. The lowest BCUT2D eigenvalue weighted by Gasteiger charge is -2.20. The topological polar surface area (TPSA) is 26.3 Å². The molecule has 17 heavy (non-hydrogen) atoms. The number of rotatable bonds is 7. The van der Waals surface area contributed by atoms with Crippen LogP contribution in [0.3, 0.4) is 0 Å². The molecule has 0 spiro atoms. The van der Waals surface area contributed by atoms with Gasteiger partial charge in [-0.1, -0.05) is 6.92 Å². The molecule has 0 aliphatic rings. The third-order valence-corrected chi connectivity index (χ3v) is 2.64. The van der Waals surface area contributed by atoms with E-state index in [4.69, 9.17) is 4.74 Å². The highest BCUT2D eigenvalue weighted by Gasteiger charge is 2.39. The minimum Gasteiger partial charge on any atom is -0.465 e. The van der Waals surface area contributed by atoms with Crippen molar-refractivity contribution in [1.82, 2.24) is 0 Å². The van der Waals surface area contributed by atoms with Crippen molar-refractivity contribution in [2.75, 3.05) is 6.61 Å². The lowest BCUT2D eigenvalue weighted by Crippen LogP contribution is -2.28. The van der Waals surface area contributed by atoms with Gasteiger partial charge in [-0.25, -0.2) is 17.6 Å². The van der Waals surface area contributed by atoms with E-state index in [-0.39, 0.29) is 13.0 Å². The number of halogens is 4. The zero-order chi connectivity index (χ0) is 13.7. The van der Waals surface area contributed by atoms with Crippen LogP contribution >= 0.6 is 0 Å². The zero-order valence-electron chi connectivity index (χ0n) is 10.2. The molecule has 0 aromatic carbocycles. The monoisotopic (exact) mass is 258 g/mol. The van der Waals surface area contributed by atoms with Crippen molar-refractivity contribution in [3.63, 3.8) is 0 Å². The third kappa shape index (κ3) is 5.37. The van der Waals surface area contributed by atoms with Crippen LogP contribution in [-0.4, -0.2) is 24.9 Å². The summed E-state index contributed by atoms with van der Waals surface area (Å²) in [6.45, 7) is 4.88. The molecule has 0 radical (unpaired) electrons. The normalized spacial score (nSPS) is 12.9. The van der Waals surface area contributed by atoms with Gasteiger partial charge in [0.2, 0.25) is 0 Å². The largest absolute Gasteiger partial charge is 0.465 e. The van der Waals surface area contributed by atoms with Gasteiger partial charge in [-0.3, -0.25) is 4.79 Å². The van der Waals surface area contributed by atoms with Gasteiger partial charge in [0, 0.05) is 6.42 Å². The molecule has 0 N–H and O–H groups in total. The van der Waals surface area contributed by atoms with Gasteiger partial charge in [0.05, 0.1) is 12.0 Å². The Morgan fingerprint density at radius 2 is 1.82 bits per heavy atom. The van der Waals surface area contributed by atoms with Gasteiger partial charge < -0.3 is 4.74 Å². The smallest absolute Gasteiger partial charge is 0.311 e. The SMILES string of the molecule is CCC(C)(C)C(=O)OCCCC(F)(F)C(F)F. The molecule has 102 valence electrons. The lowest BCUT2D eigenvalue weighted by atomic mass is 9.91. The first-order valence-electron chi connectivity index (χ1n) is 5.46. The van der Waals surface area contributed by atoms with E-state index in [1.165, 1.54) is 0 Å².